The summed E-state index contributed by atoms with van der Waals surface area (Å²) >= 11 is 0. The van der Waals surface area contributed by atoms with Crippen LogP contribution in [-0.2, 0) is 20.9 Å². The Balaban J connectivity index is 1.66. The van der Waals surface area contributed by atoms with Crippen molar-refractivity contribution in [1.29, 1.82) is 0 Å². The summed E-state index contributed by atoms with van der Waals surface area (Å²) in [5.41, 5.74) is 5.23. The Hall–Kier alpha value is -3.94. The summed E-state index contributed by atoms with van der Waals surface area (Å²) in [5.74, 6) is -0.117. The minimum Gasteiger partial charge on any atom is -0.463 e. The predicted molar refractivity (Wildman–Crippen MR) is 129 cm³/mol. The molecule has 8 heteroatoms. The van der Waals surface area contributed by atoms with Crippen molar-refractivity contribution in [2.75, 3.05) is 18.1 Å². The SMILES string of the molecule is CCOC(=O)C1=C(C)N(CC(=O)NCc2ccccc2C)c2ncnn2C1c1ccc(C)cc1. The van der Waals surface area contributed by atoms with Crippen molar-refractivity contribution in [3.05, 3.63) is 88.4 Å². The number of ether oxygens (including phenoxy) is 1. The van der Waals surface area contributed by atoms with Crippen molar-refractivity contribution >= 4 is 17.8 Å². The molecule has 0 aliphatic carbocycles. The largest absolute Gasteiger partial charge is 0.463 e. The topological polar surface area (TPSA) is 89.3 Å². The van der Waals surface area contributed by atoms with Crippen molar-refractivity contribution in [1.82, 2.24) is 20.1 Å². The lowest BCUT2D eigenvalue weighted by Gasteiger charge is -2.35. The molecule has 8 nitrogen and oxygen atoms in total. The van der Waals surface area contributed by atoms with Gasteiger partial charge < -0.3 is 15.0 Å². The third kappa shape index (κ3) is 4.57. The molecular formula is C26H29N5O3. The molecular weight excluding hydrogens is 430 g/mol. The van der Waals surface area contributed by atoms with Crippen LogP contribution in [0.3, 0.4) is 0 Å². The quantitative estimate of drug-likeness (QED) is 0.545. The van der Waals surface area contributed by atoms with E-state index < -0.39 is 12.0 Å². The lowest BCUT2D eigenvalue weighted by molar-refractivity contribution is -0.139. The minimum absolute atomic E-state index is 0.0000688. The molecule has 1 aliphatic rings. The van der Waals surface area contributed by atoms with E-state index in [2.05, 4.69) is 15.4 Å². The Kier molecular flexibility index (Phi) is 6.77. The minimum atomic E-state index is -0.497. The van der Waals surface area contributed by atoms with Crippen molar-refractivity contribution in [2.24, 2.45) is 0 Å². The van der Waals surface area contributed by atoms with E-state index in [0.717, 1.165) is 22.3 Å². The monoisotopic (exact) mass is 459 g/mol. The van der Waals surface area contributed by atoms with Gasteiger partial charge in [0.05, 0.1) is 12.2 Å². The third-order valence-corrected chi connectivity index (χ3v) is 6.04. The normalized spacial score (nSPS) is 15.2. The standard InChI is InChI=1S/C26H29N5O3/c1-5-34-25(33)23-19(4)30(15-22(32)27-14-21-9-7-6-8-18(21)3)26-28-16-29-31(26)24(23)20-12-10-17(2)11-13-20/h6-13,16,24H,5,14-15H2,1-4H3,(H,27,32). The Bertz CT molecular complexity index is 1230. The summed E-state index contributed by atoms with van der Waals surface area (Å²) in [6, 6.07) is 15.4. The lowest BCUT2D eigenvalue weighted by atomic mass is 9.94. The van der Waals surface area contributed by atoms with Gasteiger partial charge in [0.15, 0.2) is 0 Å². The molecule has 2 heterocycles. The van der Waals surface area contributed by atoms with Crippen LogP contribution in [0.25, 0.3) is 0 Å². The van der Waals surface area contributed by atoms with Crippen LogP contribution in [0, 0.1) is 13.8 Å². The van der Waals surface area contributed by atoms with E-state index in [1.165, 1.54) is 6.33 Å². The molecule has 1 unspecified atom stereocenters. The van der Waals surface area contributed by atoms with Crippen molar-refractivity contribution in [3.8, 4) is 0 Å². The van der Waals surface area contributed by atoms with Gasteiger partial charge >= 0.3 is 5.97 Å². The molecule has 1 aliphatic heterocycles. The summed E-state index contributed by atoms with van der Waals surface area (Å²) in [7, 11) is 0. The summed E-state index contributed by atoms with van der Waals surface area (Å²) in [6.07, 6.45) is 1.44. The Morgan fingerprint density at radius 2 is 1.79 bits per heavy atom. The number of benzene rings is 2. The second-order valence-electron chi connectivity index (χ2n) is 8.33. The third-order valence-electron chi connectivity index (χ3n) is 6.04. The van der Waals surface area contributed by atoms with Gasteiger partial charge in [0, 0.05) is 12.2 Å². The number of nitrogens with zero attached hydrogens (tertiary/aromatic N) is 4. The highest BCUT2D eigenvalue weighted by Crippen LogP contribution is 2.38. The van der Waals surface area contributed by atoms with E-state index in [1.54, 1.807) is 16.5 Å². The highest BCUT2D eigenvalue weighted by Gasteiger charge is 2.38. The van der Waals surface area contributed by atoms with Crippen LogP contribution in [0.4, 0.5) is 5.95 Å². The summed E-state index contributed by atoms with van der Waals surface area (Å²) in [4.78, 5) is 32.2. The molecule has 1 atom stereocenters. The van der Waals surface area contributed by atoms with E-state index in [4.69, 9.17) is 4.74 Å². The fourth-order valence-corrected chi connectivity index (χ4v) is 4.15. The second-order valence-corrected chi connectivity index (χ2v) is 8.33. The summed E-state index contributed by atoms with van der Waals surface area (Å²) in [6.45, 7) is 8.28. The molecule has 1 amide bonds. The van der Waals surface area contributed by atoms with Gasteiger partial charge in [-0.3, -0.25) is 4.79 Å². The Morgan fingerprint density at radius 1 is 1.06 bits per heavy atom. The number of carbonyl (C=O) groups is 2. The first-order chi connectivity index (χ1) is 16.4. The highest BCUT2D eigenvalue weighted by molar-refractivity contribution is 5.93. The van der Waals surface area contributed by atoms with Crippen molar-refractivity contribution < 1.29 is 14.3 Å². The van der Waals surface area contributed by atoms with Crippen molar-refractivity contribution in [2.45, 2.75) is 40.3 Å². The maximum Gasteiger partial charge on any atom is 0.338 e. The molecule has 2 aromatic carbocycles. The fourth-order valence-electron chi connectivity index (χ4n) is 4.15. The Morgan fingerprint density at radius 3 is 2.50 bits per heavy atom. The van der Waals surface area contributed by atoms with Gasteiger partial charge in [-0.25, -0.2) is 9.48 Å². The number of rotatable bonds is 7. The van der Waals surface area contributed by atoms with E-state index in [1.807, 2.05) is 69.3 Å². The number of hydrogen-bond donors (Lipinski definition) is 1. The molecule has 4 rings (SSSR count). The Labute approximate surface area is 199 Å². The molecule has 1 aromatic heterocycles. The van der Waals surface area contributed by atoms with Gasteiger partial charge in [0.25, 0.3) is 0 Å². The van der Waals surface area contributed by atoms with Gasteiger partial charge in [-0.15, -0.1) is 0 Å². The van der Waals surface area contributed by atoms with Crippen molar-refractivity contribution in [3.63, 3.8) is 0 Å². The number of aromatic nitrogens is 3. The fraction of sp³-hybridized carbons (Fsp3) is 0.308. The number of carbonyl (C=O) groups excluding carboxylic acids is 2. The van der Waals surface area contributed by atoms with Gasteiger partial charge in [0.1, 0.15) is 18.9 Å². The summed E-state index contributed by atoms with van der Waals surface area (Å²) < 4.78 is 7.08. The number of anilines is 1. The van der Waals surface area contributed by atoms with Gasteiger partial charge in [0.2, 0.25) is 11.9 Å². The first kappa shape index (κ1) is 23.2. The molecule has 0 spiro atoms. The highest BCUT2D eigenvalue weighted by atomic mass is 16.5. The molecule has 0 saturated carbocycles. The predicted octanol–water partition coefficient (Wildman–Crippen LogP) is 3.46. The molecule has 34 heavy (non-hydrogen) atoms. The van der Waals surface area contributed by atoms with E-state index in [9.17, 15) is 9.59 Å². The molecule has 0 bridgehead atoms. The molecule has 0 saturated heterocycles. The van der Waals surface area contributed by atoms with Crippen LogP contribution in [0.5, 0.6) is 0 Å². The summed E-state index contributed by atoms with van der Waals surface area (Å²) in [5, 5.41) is 7.39. The van der Waals surface area contributed by atoms with Crippen LogP contribution in [0.2, 0.25) is 0 Å². The lowest BCUT2D eigenvalue weighted by Crippen LogP contribution is -2.42. The van der Waals surface area contributed by atoms with E-state index >= 15 is 0 Å². The number of aryl methyl sites for hydroxylation is 2. The van der Waals surface area contributed by atoms with Gasteiger partial charge in [-0.2, -0.15) is 10.1 Å². The molecule has 3 aromatic rings. The second kappa shape index (κ2) is 9.91. The smallest absolute Gasteiger partial charge is 0.338 e. The van der Waals surface area contributed by atoms with Crippen LogP contribution in [0.15, 0.2) is 66.1 Å². The van der Waals surface area contributed by atoms with E-state index in [-0.39, 0.29) is 19.1 Å². The molecule has 0 radical (unpaired) electrons. The van der Waals surface area contributed by atoms with Crippen LogP contribution < -0.4 is 10.2 Å². The number of fused-ring (bicyclic) bond motifs is 1. The number of amides is 1. The van der Waals surface area contributed by atoms with Gasteiger partial charge in [-0.1, -0.05) is 54.1 Å². The molecule has 176 valence electrons. The first-order valence-electron chi connectivity index (χ1n) is 11.3. The van der Waals surface area contributed by atoms with E-state index in [0.29, 0.717) is 23.8 Å². The zero-order chi connectivity index (χ0) is 24.2. The maximum absolute atomic E-state index is 13.1. The van der Waals surface area contributed by atoms with Crippen LogP contribution >= 0.6 is 0 Å². The average molecular weight is 460 g/mol. The zero-order valence-corrected chi connectivity index (χ0v) is 19.9. The maximum atomic E-state index is 13.1. The number of hydrogen-bond acceptors (Lipinski definition) is 6. The molecule has 0 fully saturated rings. The van der Waals surface area contributed by atoms with Crippen LogP contribution in [-0.4, -0.2) is 39.8 Å². The average Bonchev–Trinajstić information content (AvgIpc) is 3.30. The number of esters is 1. The molecule has 1 N–H and O–H groups in total. The number of nitrogens with one attached hydrogen (secondary N) is 1. The van der Waals surface area contributed by atoms with Gasteiger partial charge in [-0.05, 0) is 44.4 Å². The number of allylic oxidation sites excluding steroid dienone is 1. The zero-order valence-electron chi connectivity index (χ0n) is 19.9. The van der Waals surface area contributed by atoms with Crippen LogP contribution in [0.1, 0.15) is 42.1 Å². The first-order valence-corrected chi connectivity index (χ1v) is 11.3.